The molecular formula is C20H23N3O. The van der Waals surface area contributed by atoms with Crippen molar-refractivity contribution in [3.8, 4) is 5.69 Å². The van der Waals surface area contributed by atoms with E-state index in [1.54, 1.807) is 12.5 Å². The van der Waals surface area contributed by atoms with E-state index in [9.17, 15) is 5.11 Å². The molecule has 0 aliphatic heterocycles. The van der Waals surface area contributed by atoms with Crippen molar-refractivity contribution in [3.63, 3.8) is 0 Å². The molecule has 3 rings (SSSR count). The van der Waals surface area contributed by atoms with E-state index >= 15 is 0 Å². The maximum atomic E-state index is 10.2. The van der Waals surface area contributed by atoms with E-state index in [4.69, 9.17) is 0 Å². The van der Waals surface area contributed by atoms with Gasteiger partial charge in [-0.05, 0) is 36.6 Å². The number of aliphatic hydroxyl groups is 1. The Kier molecular flexibility index (Phi) is 5.41. The molecule has 124 valence electrons. The average molecular weight is 321 g/mol. The van der Waals surface area contributed by atoms with Crippen molar-refractivity contribution in [2.75, 3.05) is 6.54 Å². The predicted octanol–water partition coefficient (Wildman–Crippen LogP) is 3.13. The van der Waals surface area contributed by atoms with Crippen LogP contribution in [-0.2, 0) is 6.42 Å². The molecule has 3 aromatic rings. The number of benzene rings is 2. The third-order valence-corrected chi connectivity index (χ3v) is 4.17. The number of aromatic nitrogens is 2. The fourth-order valence-corrected chi connectivity index (χ4v) is 2.74. The van der Waals surface area contributed by atoms with Crippen LogP contribution in [0.4, 0.5) is 0 Å². The van der Waals surface area contributed by atoms with E-state index in [1.165, 1.54) is 5.56 Å². The Balaban J connectivity index is 1.52. The molecule has 0 spiro atoms. The summed E-state index contributed by atoms with van der Waals surface area (Å²) >= 11 is 0. The lowest BCUT2D eigenvalue weighted by molar-refractivity contribution is 0.168. The molecule has 0 fully saturated rings. The van der Waals surface area contributed by atoms with Crippen molar-refractivity contribution in [2.45, 2.75) is 25.5 Å². The monoisotopic (exact) mass is 321 g/mol. The molecule has 0 saturated carbocycles. The number of hydrogen-bond donors (Lipinski definition) is 2. The molecule has 24 heavy (non-hydrogen) atoms. The van der Waals surface area contributed by atoms with Crippen LogP contribution in [0.2, 0.25) is 0 Å². The normalized spacial score (nSPS) is 13.6. The second kappa shape index (κ2) is 7.90. The molecule has 4 heteroatoms. The first-order valence-corrected chi connectivity index (χ1v) is 8.26. The number of rotatable bonds is 7. The third-order valence-electron chi connectivity index (χ3n) is 4.17. The average Bonchev–Trinajstić information content (AvgIpc) is 3.15. The zero-order valence-corrected chi connectivity index (χ0v) is 13.8. The van der Waals surface area contributed by atoms with E-state index in [-0.39, 0.29) is 12.1 Å². The zero-order valence-electron chi connectivity index (χ0n) is 13.8. The summed E-state index contributed by atoms with van der Waals surface area (Å²) < 4.78 is 1.98. The van der Waals surface area contributed by atoms with Gasteiger partial charge in [-0.3, -0.25) is 0 Å². The summed E-state index contributed by atoms with van der Waals surface area (Å²) in [7, 11) is 0. The van der Waals surface area contributed by atoms with E-state index in [0.29, 0.717) is 13.0 Å². The van der Waals surface area contributed by atoms with Gasteiger partial charge in [-0.1, -0.05) is 42.5 Å². The molecule has 0 aliphatic rings. The van der Waals surface area contributed by atoms with Crippen LogP contribution in [0.5, 0.6) is 0 Å². The molecule has 2 atom stereocenters. The van der Waals surface area contributed by atoms with Crippen molar-refractivity contribution in [3.05, 3.63) is 84.4 Å². The summed E-state index contributed by atoms with van der Waals surface area (Å²) in [4.78, 5) is 4.06. The van der Waals surface area contributed by atoms with Crippen LogP contribution in [0.25, 0.3) is 5.69 Å². The molecule has 1 aromatic heterocycles. The summed E-state index contributed by atoms with van der Waals surface area (Å²) in [5.41, 5.74) is 3.45. The van der Waals surface area contributed by atoms with Crippen molar-refractivity contribution in [2.24, 2.45) is 0 Å². The lowest BCUT2D eigenvalue weighted by Crippen LogP contribution is -2.30. The minimum absolute atomic E-state index is 0.187. The molecule has 4 nitrogen and oxygen atoms in total. The van der Waals surface area contributed by atoms with E-state index in [1.807, 2.05) is 41.1 Å². The Labute approximate surface area is 142 Å². The van der Waals surface area contributed by atoms with Crippen LogP contribution in [-0.4, -0.2) is 27.3 Å². The van der Waals surface area contributed by atoms with E-state index in [2.05, 4.69) is 41.5 Å². The van der Waals surface area contributed by atoms with Gasteiger partial charge in [0.05, 0.1) is 12.4 Å². The van der Waals surface area contributed by atoms with Gasteiger partial charge in [0.2, 0.25) is 0 Å². The fourth-order valence-electron chi connectivity index (χ4n) is 2.74. The molecule has 2 aromatic carbocycles. The van der Waals surface area contributed by atoms with Gasteiger partial charge in [0, 0.05) is 30.7 Å². The Morgan fingerprint density at radius 3 is 2.50 bits per heavy atom. The van der Waals surface area contributed by atoms with E-state index in [0.717, 1.165) is 11.3 Å². The van der Waals surface area contributed by atoms with Crippen LogP contribution in [0.1, 0.15) is 24.1 Å². The van der Waals surface area contributed by atoms with Crippen molar-refractivity contribution < 1.29 is 5.11 Å². The highest BCUT2D eigenvalue weighted by molar-refractivity contribution is 5.35. The number of imidazole rings is 1. The maximum absolute atomic E-state index is 10.2. The molecule has 0 amide bonds. The van der Waals surface area contributed by atoms with Crippen LogP contribution < -0.4 is 5.32 Å². The van der Waals surface area contributed by atoms with Crippen LogP contribution in [0.15, 0.2) is 73.3 Å². The summed E-state index contributed by atoms with van der Waals surface area (Å²) in [5, 5.41) is 13.6. The summed E-state index contributed by atoms with van der Waals surface area (Å²) in [6, 6.07) is 18.6. The van der Waals surface area contributed by atoms with Crippen LogP contribution >= 0.6 is 0 Å². The lowest BCUT2D eigenvalue weighted by atomic mass is 10.1. The molecule has 0 bridgehead atoms. The number of nitrogens with one attached hydrogen (secondary N) is 1. The van der Waals surface area contributed by atoms with Gasteiger partial charge in [-0.2, -0.15) is 0 Å². The van der Waals surface area contributed by atoms with Gasteiger partial charge in [-0.25, -0.2) is 4.98 Å². The second-order valence-corrected chi connectivity index (χ2v) is 6.03. The molecule has 0 saturated heterocycles. The van der Waals surface area contributed by atoms with Crippen molar-refractivity contribution >= 4 is 0 Å². The molecule has 0 aliphatic carbocycles. The van der Waals surface area contributed by atoms with Gasteiger partial charge >= 0.3 is 0 Å². The first-order chi connectivity index (χ1) is 11.7. The molecule has 2 unspecified atom stereocenters. The minimum Gasteiger partial charge on any atom is -0.391 e. The topological polar surface area (TPSA) is 50.1 Å². The summed E-state index contributed by atoms with van der Waals surface area (Å²) in [6.45, 7) is 2.68. The Hall–Kier alpha value is -2.43. The van der Waals surface area contributed by atoms with Crippen LogP contribution in [0.3, 0.4) is 0 Å². The van der Waals surface area contributed by atoms with Crippen molar-refractivity contribution in [1.82, 2.24) is 14.9 Å². The Morgan fingerprint density at radius 2 is 1.83 bits per heavy atom. The third kappa shape index (κ3) is 4.31. The van der Waals surface area contributed by atoms with Crippen LogP contribution in [0, 0.1) is 0 Å². The highest BCUT2D eigenvalue weighted by Crippen LogP contribution is 2.16. The SMILES string of the molecule is CC(NCC(O)Cc1ccccc1)c1ccc(-n2ccnc2)cc1. The fraction of sp³-hybridized carbons (Fsp3) is 0.250. The first-order valence-electron chi connectivity index (χ1n) is 8.26. The first kappa shape index (κ1) is 16.4. The highest BCUT2D eigenvalue weighted by Gasteiger charge is 2.09. The molecule has 2 N–H and O–H groups in total. The number of aliphatic hydroxyl groups excluding tert-OH is 1. The standard InChI is InChI=1S/C20H23N3O/c1-16(22-14-20(24)13-17-5-3-2-4-6-17)18-7-9-19(10-8-18)23-12-11-21-15-23/h2-12,15-16,20,22,24H,13-14H2,1H3. The lowest BCUT2D eigenvalue weighted by Gasteiger charge is -2.18. The molecule has 1 heterocycles. The minimum atomic E-state index is -0.389. The predicted molar refractivity (Wildman–Crippen MR) is 96.1 cm³/mol. The van der Waals surface area contributed by atoms with Gasteiger partial charge in [0.25, 0.3) is 0 Å². The van der Waals surface area contributed by atoms with Gasteiger partial charge in [0.1, 0.15) is 0 Å². The smallest absolute Gasteiger partial charge is 0.0991 e. The van der Waals surface area contributed by atoms with E-state index < -0.39 is 0 Å². The Bertz CT molecular complexity index is 723. The Morgan fingerprint density at radius 1 is 1.08 bits per heavy atom. The number of nitrogens with zero attached hydrogens (tertiary/aromatic N) is 2. The van der Waals surface area contributed by atoms with Gasteiger partial charge < -0.3 is 15.0 Å². The number of hydrogen-bond acceptors (Lipinski definition) is 3. The van der Waals surface area contributed by atoms with Crippen molar-refractivity contribution in [1.29, 1.82) is 0 Å². The van der Waals surface area contributed by atoms with Gasteiger partial charge in [-0.15, -0.1) is 0 Å². The zero-order chi connectivity index (χ0) is 16.8. The second-order valence-electron chi connectivity index (χ2n) is 6.03. The molecular weight excluding hydrogens is 298 g/mol. The van der Waals surface area contributed by atoms with Gasteiger partial charge in [0.15, 0.2) is 0 Å². The summed E-state index contributed by atoms with van der Waals surface area (Å²) in [5.74, 6) is 0. The maximum Gasteiger partial charge on any atom is 0.0991 e. The largest absolute Gasteiger partial charge is 0.391 e. The molecule has 0 radical (unpaired) electrons. The quantitative estimate of drug-likeness (QED) is 0.703. The highest BCUT2D eigenvalue weighted by atomic mass is 16.3. The summed E-state index contributed by atoms with van der Waals surface area (Å²) in [6.07, 6.45) is 5.76.